The number of likely N-dealkylation sites (tertiary alicyclic amines) is 1. The second kappa shape index (κ2) is 6.43. The first-order chi connectivity index (χ1) is 11.3. The summed E-state index contributed by atoms with van der Waals surface area (Å²) in [5, 5.41) is 6.22. The van der Waals surface area contributed by atoms with Gasteiger partial charge in [0.1, 0.15) is 0 Å². The zero-order valence-electron chi connectivity index (χ0n) is 13.1. The first kappa shape index (κ1) is 14.9. The van der Waals surface area contributed by atoms with Crippen LogP contribution in [0.15, 0.2) is 22.0 Å². The van der Waals surface area contributed by atoms with Gasteiger partial charge in [-0.25, -0.2) is 0 Å². The molecule has 1 aliphatic heterocycles. The molecule has 1 aliphatic carbocycles. The van der Waals surface area contributed by atoms with Gasteiger partial charge in [0.15, 0.2) is 5.82 Å². The number of rotatable bonds is 6. The molecule has 3 heterocycles. The van der Waals surface area contributed by atoms with Crippen LogP contribution in [0.2, 0.25) is 0 Å². The van der Waals surface area contributed by atoms with E-state index in [-0.39, 0.29) is 11.9 Å². The van der Waals surface area contributed by atoms with Crippen LogP contribution >= 0.6 is 11.3 Å². The van der Waals surface area contributed by atoms with Gasteiger partial charge >= 0.3 is 0 Å². The van der Waals surface area contributed by atoms with E-state index in [0.717, 1.165) is 51.0 Å². The highest BCUT2D eigenvalue weighted by molar-refractivity contribution is 7.09. The van der Waals surface area contributed by atoms with Crippen molar-refractivity contribution in [1.29, 1.82) is 0 Å². The summed E-state index contributed by atoms with van der Waals surface area (Å²) in [6.45, 7) is 0.815. The van der Waals surface area contributed by atoms with Crippen LogP contribution in [0.4, 0.5) is 0 Å². The summed E-state index contributed by atoms with van der Waals surface area (Å²) in [5.41, 5.74) is 0. The van der Waals surface area contributed by atoms with Crippen molar-refractivity contribution in [2.24, 2.45) is 0 Å². The molecule has 6 heteroatoms. The molecule has 4 rings (SSSR count). The molecular weight excluding hydrogens is 310 g/mol. The molecule has 1 saturated carbocycles. The van der Waals surface area contributed by atoms with Crippen LogP contribution in [-0.4, -0.2) is 27.5 Å². The molecule has 0 radical (unpaired) electrons. The average Bonchev–Trinajstić information content (AvgIpc) is 3.02. The van der Waals surface area contributed by atoms with E-state index in [1.165, 1.54) is 4.88 Å². The fourth-order valence-corrected chi connectivity index (χ4v) is 3.98. The monoisotopic (exact) mass is 331 g/mol. The molecule has 0 spiro atoms. The maximum absolute atomic E-state index is 12.6. The van der Waals surface area contributed by atoms with Crippen molar-refractivity contribution < 1.29 is 9.32 Å². The van der Waals surface area contributed by atoms with Crippen molar-refractivity contribution in [2.45, 2.75) is 56.9 Å². The molecule has 1 amide bonds. The molecular formula is C17H21N3O2S. The summed E-state index contributed by atoms with van der Waals surface area (Å²) >= 11 is 1.76. The van der Waals surface area contributed by atoms with Crippen LogP contribution in [0.25, 0.3) is 0 Å². The molecule has 0 unspecified atom stereocenters. The molecule has 2 fully saturated rings. The Balaban J connectivity index is 1.35. The van der Waals surface area contributed by atoms with Gasteiger partial charge in [0, 0.05) is 23.8 Å². The van der Waals surface area contributed by atoms with Crippen molar-refractivity contribution in [2.75, 3.05) is 6.54 Å². The minimum atomic E-state index is 0.0143. The Hall–Kier alpha value is -1.69. The maximum Gasteiger partial charge on any atom is 0.229 e. The summed E-state index contributed by atoms with van der Waals surface area (Å²) in [6, 6.07) is 4.21. The topological polar surface area (TPSA) is 59.2 Å². The molecule has 5 nitrogen and oxygen atoms in total. The second-order valence-electron chi connectivity index (χ2n) is 6.44. The zero-order chi connectivity index (χ0) is 15.6. The molecule has 2 aliphatic rings. The molecule has 1 atom stereocenters. The Morgan fingerprint density at radius 3 is 3.09 bits per heavy atom. The number of aryl methyl sites for hydroxylation is 1. The second-order valence-corrected chi connectivity index (χ2v) is 7.48. The predicted octanol–water partition coefficient (Wildman–Crippen LogP) is 3.69. The van der Waals surface area contributed by atoms with E-state index in [1.807, 2.05) is 4.90 Å². The summed E-state index contributed by atoms with van der Waals surface area (Å²) in [7, 11) is 0. The van der Waals surface area contributed by atoms with Crippen LogP contribution in [0.5, 0.6) is 0 Å². The van der Waals surface area contributed by atoms with Gasteiger partial charge in [0.05, 0.1) is 6.04 Å². The van der Waals surface area contributed by atoms with E-state index in [1.54, 1.807) is 11.3 Å². The van der Waals surface area contributed by atoms with Crippen LogP contribution in [0.3, 0.4) is 0 Å². The van der Waals surface area contributed by atoms with E-state index in [2.05, 4.69) is 27.7 Å². The van der Waals surface area contributed by atoms with Crippen LogP contribution in [0.1, 0.15) is 67.1 Å². The van der Waals surface area contributed by atoms with Gasteiger partial charge < -0.3 is 9.42 Å². The average molecular weight is 331 g/mol. The summed E-state index contributed by atoms with van der Waals surface area (Å²) in [6.07, 6.45) is 6.75. The van der Waals surface area contributed by atoms with Gasteiger partial charge in [-0.05, 0) is 50.0 Å². The third kappa shape index (κ3) is 3.32. The first-order valence-electron chi connectivity index (χ1n) is 8.46. The lowest BCUT2D eigenvalue weighted by molar-refractivity contribution is -0.132. The van der Waals surface area contributed by atoms with E-state index in [0.29, 0.717) is 18.2 Å². The molecule has 2 aromatic heterocycles. The smallest absolute Gasteiger partial charge is 0.229 e. The number of nitrogens with zero attached hydrogens (tertiary/aromatic N) is 3. The summed E-state index contributed by atoms with van der Waals surface area (Å²) in [5.74, 6) is 2.16. The van der Waals surface area contributed by atoms with Crippen molar-refractivity contribution in [3.63, 3.8) is 0 Å². The van der Waals surface area contributed by atoms with E-state index in [4.69, 9.17) is 4.52 Å². The molecule has 2 aromatic rings. The molecule has 23 heavy (non-hydrogen) atoms. The van der Waals surface area contributed by atoms with E-state index in [9.17, 15) is 4.79 Å². The Morgan fingerprint density at radius 2 is 2.30 bits per heavy atom. The van der Waals surface area contributed by atoms with Crippen molar-refractivity contribution in [1.82, 2.24) is 15.0 Å². The largest absolute Gasteiger partial charge is 0.339 e. The number of carbonyl (C=O) groups is 1. The maximum atomic E-state index is 12.6. The third-order valence-electron chi connectivity index (χ3n) is 4.65. The van der Waals surface area contributed by atoms with Gasteiger partial charge in [0.2, 0.25) is 11.8 Å². The van der Waals surface area contributed by atoms with Crippen molar-refractivity contribution >= 4 is 17.2 Å². The van der Waals surface area contributed by atoms with E-state index < -0.39 is 0 Å². The van der Waals surface area contributed by atoms with Gasteiger partial charge in [0.25, 0.3) is 0 Å². The third-order valence-corrected chi connectivity index (χ3v) is 5.59. The normalized spacial score (nSPS) is 21.0. The van der Waals surface area contributed by atoms with Crippen molar-refractivity contribution in [3.05, 3.63) is 34.1 Å². The number of thiophene rings is 1. The quantitative estimate of drug-likeness (QED) is 0.810. The highest BCUT2D eigenvalue weighted by Crippen LogP contribution is 2.40. The Morgan fingerprint density at radius 1 is 1.39 bits per heavy atom. The van der Waals surface area contributed by atoms with Gasteiger partial charge in [-0.3, -0.25) is 4.79 Å². The lowest BCUT2D eigenvalue weighted by Gasteiger charge is -2.22. The highest BCUT2D eigenvalue weighted by atomic mass is 32.1. The van der Waals surface area contributed by atoms with Gasteiger partial charge in [-0.1, -0.05) is 11.2 Å². The number of carbonyl (C=O) groups excluding carboxylic acids is 1. The Bertz CT molecular complexity index is 663. The van der Waals surface area contributed by atoms with E-state index >= 15 is 0 Å². The van der Waals surface area contributed by atoms with Crippen molar-refractivity contribution in [3.8, 4) is 0 Å². The molecule has 0 aromatic carbocycles. The minimum Gasteiger partial charge on any atom is -0.339 e. The van der Waals surface area contributed by atoms with Crippen LogP contribution < -0.4 is 0 Å². The summed E-state index contributed by atoms with van der Waals surface area (Å²) < 4.78 is 5.36. The molecule has 122 valence electrons. The standard InChI is InChI=1S/C17H21N3O2S/c21-15(7-1-4-13-5-3-11-23-13)20-10-2-6-14(20)16-18-17(22-19-16)12-8-9-12/h3,5,11-12,14H,1-2,4,6-10H2/t14-/m0/s1. The number of aromatic nitrogens is 2. The minimum absolute atomic E-state index is 0.0143. The Kier molecular flexibility index (Phi) is 4.16. The molecule has 0 N–H and O–H groups in total. The van der Waals surface area contributed by atoms with Crippen LogP contribution in [-0.2, 0) is 11.2 Å². The molecule has 1 saturated heterocycles. The highest BCUT2D eigenvalue weighted by Gasteiger charge is 2.35. The van der Waals surface area contributed by atoms with Gasteiger partial charge in [-0.15, -0.1) is 11.3 Å². The number of hydrogen-bond donors (Lipinski definition) is 0. The lowest BCUT2D eigenvalue weighted by Crippen LogP contribution is -2.31. The Labute approximate surface area is 139 Å². The fraction of sp³-hybridized carbons (Fsp3) is 0.588. The lowest BCUT2D eigenvalue weighted by atomic mass is 10.1. The number of amides is 1. The zero-order valence-corrected chi connectivity index (χ0v) is 13.9. The van der Waals surface area contributed by atoms with Gasteiger partial charge in [-0.2, -0.15) is 4.98 Å². The predicted molar refractivity (Wildman–Crippen MR) is 87.2 cm³/mol. The van der Waals surface area contributed by atoms with Crippen LogP contribution in [0, 0.1) is 0 Å². The first-order valence-corrected chi connectivity index (χ1v) is 9.34. The fourth-order valence-electron chi connectivity index (χ4n) is 3.22. The number of hydrogen-bond acceptors (Lipinski definition) is 5. The SMILES string of the molecule is O=C(CCCc1cccs1)N1CCC[C@H]1c1noc(C2CC2)n1. The molecule has 0 bridgehead atoms. The summed E-state index contributed by atoms with van der Waals surface area (Å²) in [4.78, 5) is 20.4.